The molecule has 1 saturated heterocycles. The summed E-state index contributed by atoms with van der Waals surface area (Å²) in [5.41, 5.74) is -0.412. The van der Waals surface area contributed by atoms with Crippen molar-refractivity contribution >= 4 is 0 Å². The number of halogens is 3. The van der Waals surface area contributed by atoms with Crippen molar-refractivity contribution in [2.45, 2.75) is 31.7 Å². The summed E-state index contributed by atoms with van der Waals surface area (Å²) in [6.45, 7) is 2.96. The van der Waals surface area contributed by atoms with E-state index in [9.17, 15) is 18.3 Å². The number of hydrogen-bond donors (Lipinski definition) is 2. The van der Waals surface area contributed by atoms with Crippen LogP contribution in [0, 0.1) is 0 Å². The molecule has 2 N–H and O–H groups in total. The molecule has 1 aliphatic rings. The SMILES string of the molecule is OC(CNCc1ccccc1C(F)(F)F)CN1CCCC1. The molecular weight excluding hydrogens is 281 g/mol. The molecule has 1 fully saturated rings. The zero-order valence-electron chi connectivity index (χ0n) is 11.9. The summed E-state index contributed by atoms with van der Waals surface area (Å²) < 4.78 is 38.5. The van der Waals surface area contributed by atoms with Crippen molar-refractivity contribution in [3.63, 3.8) is 0 Å². The molecule has 1 aromatic rings. The fourth-order valence-electron chi connectivity index (χ4n) is 2.65. The van der Waals surface area contributed by atoms with Crippen molar-refractivity contribution in [2.24, 2.45) is 0 Å². The number of aliphatic hydroxyl groups excluding tert-OH is 1. The highest BCUT2D eigenvalue weighted by Gasteiger charge is 2.32. The van der Waals surface area contributed by atoms with Crippen LogP contribution in [0.25, 0.3) is 0 Å². The van der Waals surface area contributed by atoms with Crippen molar-refractivity contribution in [2.75, 3.05) is 26.2 Å². The molecule has 6 heteroatoms. The van der Waals surface area contributed by atoms with Gasteiger partial charge in [-0.3, -0.25) is 0 Å². The van der Waals surface area contributed by atoms with Crippen molar-refractivity contribution in [3.8, 4) is 0 Å². The summed E-state index contributed by atoms with van der Waals surface area (Å²) in [5, 5.41) is 12.8. The molecule has 21 heavy (non-hydrogen) atoms. The Kier molecular flexibility index (Phi) is 5.61. The Morgan fingerprint density at radius 2 is 1.86 bits per heavy atom. The molecule has 1 unspecified atom stereocenters. The Balaban J connectivity index is 1.80. The second kappa shape index (κ2) is 7.24. The Bertz CT molecular complexity index is 445. The molecule has 0 spiro atoms. The van der Waals surface area contributed by atoms with Crippen LogP contribution in [0.5, 0.6) is 0 Å². The molecule has 118 valence electrons. The molecule has 0 radical (unpaired) electrons. The lowest BCUT2D eigenvalue weighted by atomic mass is 10.1. The monoisotopic (exact) mass is 302 g/mol. The number of hydrogen-bond acceptors (Lipinski definition) is 3. The first kappa shape index (κ1) is 16.3. The lowest BCUT2D eigenvalue weighted by molar-refractivity contribution is -0.138. The number of aliphatic hydroxyl groups is 1. The van der Waals surface area contributed by atoms with Crippen molar-refractivity contribution in [1.82, 2.24) is 10.2 Å². The third kappa shape index (κ3) is 4.98. The smallest absolute Gasteiger partial charge is 0.390 e. The maximum Gasteiger partial charge on any atom is 0.416 e. The molecule has 0 aliphatic carbocycles. The first-order valence-corrected chi connectivity index (χ1v) is 7.23. The van der Waals surface area contributed by atoms with Gasteiger partial charge in [0, 0.05) is 19.6 Å². The summed E-state index contributed by atoms with van der Waals surface area (Å²) in [4.78, 5) is 2.18. The largest absolute Gasteiger partial charge is 0.416 e. The van der Waals surface area contributed by atoms with E-state index in [4.69, 9.17) is 0 Å². The van der Waals surface area contributed by atoms with Gasteiger partial charge in [-0.25, -0.2) is 0 Å². The number of β-amino-alcohol motifs (C(OH)–C–C–N with tert-alkyl or cyclic N) is 1. The average molecular weight is 302 g/mol. The van der Waals surface area contributed by atoms with Crippen LogP contribution in [0.1, 0.15) is 24.0 Å². The number of benzene rings is 1. The molecule has 1 aliphatic heterocycles. The molecule has 0 amide bonds. The highest BCUT2D eigenvalue weighted by Crippen LogP contribution is 2.31. The Morgan fingerprint density at radius 1 is 1.19 bits per heavy atom. The van der Waals surface area contributed by atoms with Gasteiger partial charge in [-0.1, -0.05) is 18.2 Å². The summed E-state index contributed by atoms with van der Waals surface area (Å²) >= 11 is 0. The van der Waals surface area contributed by atoms with E-state index in [0.717, 1.165) is 32.0 Å². The number of likely N-dealkylation sites (tertiary alicyclic amines) is 1. The molecule has 2 rings (SSSR count). The van der Waals surface area contributed by atoms with Crippen LogP contribution < -0.4 is 5.32 Å². The van der Waals surface area contributed by atoms with Crippen LogP contribution in [0.4, 0.5) is 13.2 Å². The van der Waals surface area contributed by atoms with E-state index in [1.54, 1.807) is 6.07 Å². The second-order valence-electron chi connectivity index (χ2n) is 5.45. The number of nitrogens with zero attached hydrogens (tertiary/aromatic N) is 1. The van der Waals surface area contributed by atoms with E-state index < -0.39 is 17.8 Å². The fraction of sp³-hybridized carbons (Fsp3) is 0.600. The number of alkyl halides is 3. The summed E-state index contributed by atoms with van der Waals surface area (Å²) in [6, 6.07) is 5.52. The number of nitrogens with one attached hydrogen (secondary N) is 1. The topological polar surface area (TPSA) is 35.5 Å². The Hall–Kier alpha value is -1.11. The van der Waals surface area contributed by atoms with E-state index in [0.29, 0.717) is 13.1 Å². The van der Waals surface area contributed by atoms with Crippen LogP contribution in [-0.2, 0) is 12.7 Å². The lowest BCUT2D eigenvalue weighted by Gasteiger charge is -2.20. The molecular formula is C15H21F3N2O. The van der Waals surface area contributed by atoms with Gasteiger partial charge in [0.1, 0.15) is 0 Å². The zero-order valence-corrected chi connectivity index (χ0v) is 11.9. The Labute approximate surface area is 122 Å². The van der Waals surface area contributed by atoms with Crippen molar-refractivity contribution in [1.29, 1.82) is 0 Å². The van der Waals surface area contributed by atoms with Crippen LogP contribution >= 0.6 is 0 Å². The first-order valence-electron chi connectivity index (χ1n) is 7.23. The minimum Gasteiger partial charge on any atom is -0.390 e. The van der Waals surface area contributed by atoms with Gasteiger partial charge in [-0.15, -0.1) is 0 Å². The van der Waals surface area contributed by atoms with Gasteiger partial charge in [0.25, 0.3) is 0 Å². The van der Waals surface area contributed by atoms with E-state index in [1.807, 2.05) is 0 Å². The van der Waals surface area contributed by atoms with E-state index in [1.165, 1.54) is 12.1 Å². The quantitative estimate of drug-likeness (QED) is 0.846. The van der Waals surface area contributed by atoms with Crippen LogP contribution in [0.3, 0.4) is 0 Å². The molecule has 1 heterocycles. The van der Waals surface area contributed by atoms with Crippen LogP contribution in [0.2, 0.25) is 0 Å². The van der Waals surface area contributed by atoms with Gasteiger partial charge in [0.15, 0.2) is 0 Å². The predicted octanol–water partition coefficient (Wildman–Crippen LogP) is 2.25. The third-order valence-corrected chi connectivity index (χ3v) is 3.69. The van der Waals surface area contributed by atoms with Crippen LogP contribution in [0.15, 0.2) is 24.3 Å². The third-order valence-electron chi connectivity index (χ3n) is 3.69. The maximum absolute atomic E-state index is 12.8. The van der Waals surface area contributed by atoms with E-state index >= 15 is 0 Å². The van der Waals surface area contributed by atoms with Crippen molar-refractivity contribution < 1.29 is 18.3 Å². The summed E-state index contributed by atoms with van der Waals surface area (Å²) in [5.74, 6) is 0. The average Bonchev–Trinajstić information content (AvgIpc) is 2.91. The molecule has 1 aromatic carbocycles. The Morgan fingerprint density at radius 3 is 2.52 bits per heavy atom. The first-order chi connectivity index (χ1) is 9.97. The minimum absolute atomic E-state index is 0.104. The van der Waals surface area contributed by atoms with Gasteiger partial charge in [0.05, 0.1) is 11.7 Å². The summed E-state index contributed by atoms with van der Waals surface area (Å²) in [7, 11) is 0. The van der Waals surface area contributed by atoms with Crippen LogP contribution in [-0.4, -0.2) is 42.3 Å². The normalized spacial score (nSPS) is 18.1. The fourth-order valence-corrected chi connectivity index (χ4v) is 2.65. The van der Waals surface area contributed by atoms with Gasteiger partial charge in [-0.05, 0) is 37.6 Å². The standard InChI is InChI=1S/C15H21F3N2O/c16-15(17,18)14-6-2-1-5-12(14)9-19-10-13(21)11-20-7-3-4-8-20/h1-2,5-6,13,19,21H,3-4,7-11H2. The van der Waals surface area contributed by atoms with E-state index in [2.05, 4.69) is 10.2 Å². The molecule has 1 atom stereocenters. The molecule has 3 nitrogen and oxygen atoms in total. The second-order valence-corrected chi connectivity index (χ2v) is 5.45. The van der Waals surface area contributed by atoms with Crippen molar-refractivity contribution in [3.05, 3.63) is 35.4 Å². The molecule has 0 saturated carbocycles. The highest BCUT2D eigenvalue weighted by molar-refractivity contribution is 5.29. The number of rotatable bonds is 6. The van der Waals surface area contributed by atoms with E-state index in [-0.39, 0.29) is 12.1 Å². The maximum atomic E-state index is 12.8. The predicted molar refractivity (Wildman–Crippen MR) is 74.8 cm³/mol. The minimum atomic E-state index is -4.34. The highest BCUT2D eigenvalue weighted by atomic mass is 19.4. The summed E-state index contributed by atoms with van der Waals surface area (Å²) in [6.07, 6.45) is -2.59. The lowest BCUT2D eigenvalue weighted by Crippen LogP contribution is -2.37. The van der Waals surface area contributed by atoms with Gasteiger partial charge >= 0.3 is 6.18 Å². The molecule has 0 bridgehead atoms. The van der Waals surface area contributed by atoms with Gasteiger partial charge < -0.3 is 15.3 Å². The van der Waals surface area contributed by atoms with Gasteiger partial charge in [0.2, 0.25) is 0 Å². The van der Waals surface area contributed by atoms with Gasteiger partial charge in [-0.2, -0.15) is 13.2 Å². The molecule has 0 aromatic heterocycles. The zero-order chi connectivity index (χ0) is 15.3.